The first-order chi connectivity index (χ1) is 8.63. The Morgan fingerprint density at radius 3 is 2.16 bits per heavy atom. The van der Waals surface area contributed by atoms with Gasteiger partial charge in [-0.05, 0) is 24.2 Å². The standard InChI is InChI=1S/C14H30N2O2S/c1-12(2)15-8-11-19(17,18)16-9-6-13(7-10-16)14(3,4)5/h12-13,15H,6-11H2,1-5H3. The third-order valence-corrected chi connectivity index (χ3v) is 5.86. The second-order valence-electron chi connectivity index (χ2n) is 6.96. The molecule has 1 heterocycles. The molecule has 114 valence electrons. The summed E-state index contributed by atoms with van der Waals surface area (Å²) < 4.78 is 26.1. The van der Waals surface area contributed by atoms with Crippen LogP contribution in [0.2, 0.25) is 0 Å². The van der Waals surface area contributed by atoms with Gasteiger partial charge in [-0.15, -0.1) is 0 Å². The van der Waals surface area contributed by atoms with Crippen LogP contribution in [-0.4, -0.2) is 44.2 Å². The maximum Gasteiger partial charge on any atom is 0.215 e. The van der Waals surface area contributed by atoms with Crippen molar-refractivity contribution in [1.82, 2.24) is 9.62 Å². The first-order valence-corrected chi connectivity index (χ1v) is 8.95. The molecule has 0 amide bonds. The van der Waals surface area contributed by atoms with Gasteiger partial charge in [0.25, 0.3) is 0 Å². The van der Waals surface area contributed by atoms with E-state index in [2.05, 4.69) is 26.1 Å². The second kappa shape index (κ2) is 6.55. The van der Waals surface area contributed by atoms with Gasteiger partial charge >= 0.3 is 0 Å². The summed E-state index contributed by atoms with van der Waals surface area (Å²) >= 11 is 0. The lowest BCUT2D eigenvalue weighted by Gasteiger charge is -2.38. The molecule has 0 radical (unpaired) electrons. The van der Waals surface area contributed by atoms with E-state index in [4.69, 9.17) is 0 Å². The van der Waals surface area contributed by atoms with E-state index in [1.165, 1.54) is 0 Å². The maximum absolute atomic E-state index is 12.2. The van der Waals surface area contributed by atoms with E-state index in [0.29, 0.717) is 31.6 Å². The van der Waals surface area contributed by atoms with Crippen LogP contribution < -0.4 is 5.32 Å². The van der Waals surface area contributed by atoms with Gasteiger partial charge in [-0.1, -0.05) is 34.6 Å². The molecular weight excluding hydrogens is 260 g/mol. The van der Waals surface area contributed by atoms with E-state index in [1.54, 1.807) is 4.31 Å². The Bertz CT molecular complexity index is 363. The molecule has 0 bridgehead atoms. The van der Waals surface area contributed by atoms with E-state index in [1.807, 2.05) is 13.8 Å². The Morgan fingerprint density at radius 2 is 1.74 bits per heavy atom. The molecule has 0 atom stereocenters. The summed E-state index contributed by atoms with van der Waals surface area (Å²) in [6, 6.07) is 0.335. The monoisotopic (exact) mass is 290 g/mol. The summed E-state index contributed by atoms with van der Waals surface area (Å²) in [5.74, 6) is 0.846. The number of rotatable bonds is 5. The zero-order valence-electron chi connectivity index (χ0n) is 13.1. The summed E-state index contributed by atoms with van der Waals surface area (Å²) in [4.78, 5) is 0. The number of nitrogens with zero attached hydrogens (tertiary/aromatic N) is 1. The molecule has 1 rings (SSSR count). The maximum atomic E-state index is 12.2. The average Bonchev–Trinajstić information content (AvgIpc) is 2.27. The quantitative estimate of drug-likeness (QED) is 0.843. The van der Waals surface area contributed by atoms with Gasteiger partial charge in [0.15, 0.2) is 0 Å². The van der Waals surface area contributed by atoms with Gasteiger partial charge in [-0.2, -0.15) is 0 Å². The molecule has 1 aliphatic rings. The van der Waals surface area contributed by atoms with Crippen molar-refractivity contribution in [3.63, 3.8) is 0 Å². The Kier molecular flexibility index (Phi) is 5.83. The van der Waals surface area contributed by atoms with Gasteiger partial charge in [0, 0.05) is 25.7 Å². The third kappa shape index (κ3) is 5.40. The van der Waals surface area contributed by atoms with Gasteiger partial charge in [-0.3, -0.25) is 0 Å². The van der Waals surface area contributed by atoms with E-state index < -0.39 is 10.0 Å². The molecule has 1 fully saturated rings. The van der Waals surface area contributed by atoms with Gasteiger partial charge < -0.3 is 5.32 Å². The van der Waals surface area contributed by atoms with Crippen LogP contribution in [0, 0.1) is 11.3 Å². The summed E-state index contributed by atoms with van der Waals surface area (Å²) in [6.07, 6.45) is 1.97. The van der Waals surface area contributed by atoms with Crippen LogP contribution in [-0.2, 0) is 10.0 Å². The van der Waals surface area contributed by atoms with Crippen molar-refractivity contribution in [2.75, 3.05) is 25.4 Å². The van der Waals surface area contributed by atoms with E-state index in [0.717, 1.165) is 12.8 Å². The summed E-state index contributed by atoms with van der Waals surface area (Å²) in [6.45, 7) is 12.7. The first-order valence-electron chi connectivity index (χ1n) is 7.34. The predicted octanol–water partition coefficient (Wildman–Crippen LogP) is 2.07. The van der Waals surface area contributed by atoms with Gasteiger partial charge in [0.2, 0.25) is 10.0 Å². The van der Waals surface area contributed by atoms with Gasteiger partial charge in [-0.25, -0.2) is 12.7 Å². The van der Waals surface area contributed by atoms with Crippen LogP contribution in [0.1, 0.15) is 47.5 Å². The highest BCUT2D eigenvalue weighted by Gasteiger charge is 2.32. The van der Waals surface area contributed by atoms with Crippen molar-refractivity contribution in [3.8, 4) is 0 Å². The largest absolute Gasteiger partial charge is 0.313 e. The van der Waals surface area contributed by atoms with E-state index in [-0.39, 0.29) is 11.2 Å². The number of nitrogens with one attached hydrogen (secondary N) is 1. The fraction of sp³-hybridized carbons (Fsp3) is 1.00. The lowest BCUT2D eigenvalue weighted by atomic mass is 9.76. The Balaban J connectivity index is 2.45. The molecule has 0 saturated carbocycles. The number of sulfonamides is 1. The van der Waals surface area contributed by atoms with Crippen molar-refractivity contribution < 1.29 is 8.42 Å². The number of hydrogen-bond acceptors (Lipinski definition) is 3. The molecule has 0 aromatic carbocycles. The predicted molar refractivity (Wildman–Crippen MR) is 80.7 cm³/mol. The minimum absolute atomic E-state index is 0.214. The molecule has 0 aliphatic carbocycles. The van der Waals surface area contributed by atoms with Gasteiger partial charge in [0.05, 0.1) is 5.75 Å². The lowest BCUT2D eigenvalue weighted by Crippen LogP contribution is -2.44. The first kappa shape index (κ1) is 16.9. The molecule has 0 unspecified atom stereocenters. The normalized spacial score (nSPS) is 20.1. The molecule has 0 aromatic rings. The van der Waals surface area contributed by atoms with Crippen molar-refractivity contribution in [3.05, 3.63) is 0 Å². The second-order valence-corrected chi connectivity index (χ2v) is 9.05. The Morgan fingerprint density at radius 1 is 1.21 bits per heavy atom. The molecule has 1 N–H and O–H groups in total. The van der Waals surface area contributed by atoms with E-state index >= 15 is 0 Å². The summed E-state index contributed by atoms with van der Waals surface area (Å²) in [5, 5.41) is 3.17. The van der Waals surface area contributed by atoms with Crippen LogP contribution in [0.25, 0.3) is 0 Å². The zero-order chi connectivity index (χ0) is 14.7. The highest BCUT2D eigenvalue weighted by atomic mass is 32.2. The molecular formula is C14H30N2O2S. The summed E-state index contributed by atoms with van der Waals surface area (Å²) in [7, 11) is -3.08. The van der Waals surface area contributed by atoms with Gasteiger partial charge in [0.1, 0.15) is 0 Å². The van der Waals surface area contributed by atoms with Crippen molar-refractivity contribution in [2.45, 2.75) is 53.5 Å². The zero-order valence-corrected chi connectivity index (χ0v) is 13.9. The fourth-order valence-electron chi connectivity index (χ4n) is 2.61. The highest BCUT2D eigenvalue weighted by Crippen LogP contribution is 2.34. The Labute approximate surface area is 119 Å². The average molecular weight is 290 g/mol. The molecule has 5 heteroatoms. The highest BCUT2D eigenvalue weighted by molar-refractivity contribution is 7.89. The lowest BCUT2D eigenvalue weighted by molar-refractivity contribution is 0.154. The molecule has 4 nitrogen and oxygen atoms in total. The third-order valence-electron chi connectivity index (χ3n) is 3.98. The van der Waals surface area contributed by atoms with Crippen LogP contribution in [0.5, 0.6) is 0 Å². The topological polar surface area (TPSA) is 49.4 Å². The van der Waals surface area contributed by atoms with Crippen LogP contribution >= 0.6 is 0 Å². The molecule has 1 aliphatic heterocycles. The molecule has 19 heavy (non-hydrogen) atoms. The summed E-state index contributed by atoms with van der Waals surface area (Å²) in [5.41, 5.74) is 0.287. The van der Waals surface area contributed by atoms with E-state index in [9.17, 15) is 8.42 Å². The van der Waals surface area contributed by atoms with Crippen molar-refractivity contribution >= 4 is 10.0 Å². The minimum Gasteiger partial charge on any atom is -0.313 e. The Hall–Kier alpha value is -0.130. The van der Waals surface area contributed by atoms with Crippen LogP contribution in [0.3, 0.4) is 0 Å². The molecule has 1 saturated heterocycles. The van der Waals surface area contributed by atoms with Crippen LogP contribution in [0.4, 0.5) is 0 Å². The molecule has 0 aromatic heterocycles. The number of piperidine rings is 1. The minimum atomic E-state index is -3.08. The van der Waals surface area contributed by atoms with Crippen molar-refractivity contribution in [1.29, 1.82) is 0 Å². The number of hydrogen-bond donors (Lipinski definition) is 1. The van der Waals surface area contributed by atoms with Crippen LogP contribution in [0.15, 0.2) is 0 Å². The SMILES string of the molecule is CC(C)NCCS(=O)(=O)N1CCC(C(C)(C)C)CC1. The smallest absolute Gasteiger partial charge is 0.215 e. The molecule has 0 spiro atoms. The van der Waals surface area contributed by atoms with Crippen molar-refractivity contribution in [2.24, 2.45) is 11.3 Å². The fourth-order valence-corrected chi connectivity index (χ4v) is 4.01.